The van der Waals surface area contributed by atoms with E-state index in [1.165, 1.54) is 117 Å². The van der Waals surface area contributed by atoms with Gasteiger partial charge in [0.2, 0.25) is 0 Å². The van der Waals surface area contributed by atoms with E-state index < -0.39 is 0 Å². The van der Waals surface area contributed by atoms with Crippen LogP contribution in [0.1, 0.15) is 111 Å². The van der Waals surface area contributed by atoms with Crippen molar-refractivity contribution < 1.29 is 0 Å². The SMILES string of the molecule is Cc1ccccc1-c1c(-c2ccccc2)n2c3c(cc(C(C)(C)C)cc13)-c1cc(C(C)(C)C)cc3c1B2c1cc(-c2ccc(C(C)(C)C)cc2)ccc1N3c1ccc(-c2ccc(C(C)(C)C)cc2)cc1. The van der Waals surface area contributed by atoms with E-state index in [-0.39, 0.29) is 28.5 Å². The van der Waals surface area contributed by atoms with Crippen LogP contribution in [0.4, 0.5) is 17.1 Å². The number of hydrogen-bond donors (Lipinski definition) is 0. The third-order valence-electron chi connectivity index (χ3n) is 15.4. The van der Waals surface area contributed by atoms with Crippen molar-refractivity contribution >= 4 is 45.7 Å². The monoisotopic (exact) mass is 911 g/mol. The first kappa shape index (κ1) is 45.6. The molecule has 0 saturated heterocycles. The molecule has 0 amide bonds. The van der Waals surface area contributed by atoms with Gasteiger partial charge < -0.3 is 9.38 Å². The molecular weight excluding hydrogens is 844 g/mol. The van der Waals surface area contributed by atoms with Crippen LogP contribution in [0.25, 0.3) is 66.7 Å². The normalized spacial score (nSPS) is 13.4. The van der Waals surface area contributed by atoms with Crippen molar-refractivity contribution in [3.8, 4) is 55.8 Å². The lowest BCUT2D eigenvalue weighted by molar-refractivity contribution is 0.590. The maximum absolute atomic E-state index is 2.77. The second-order valence-electron chi connectivity index (χ2n) is 24.4. The predicted octanol–water partition coefficient (Wildman–Crippen LogP) is 17.2. The molecular formula is C67H67BN2. The summed E-state index contributed by atoms with van der Waals surface area (Å²) in [5.41, 5.74) is 26.8. The quantitative estimate of drug-likeness (QED) is 0.156. The maximum Gasteiger partial charge on any atom is 0.333 e. The Hall–Kier alpha value is -6.84. The molecule has 0 spiro atoms. The molecule has 0 fully saturated rings. The molecule has 0 atom stereocenters. The Labute approximate surface area is 418 Å². The van der Waals surface area contributed by atoms with E-state index in [4.69, 9.17) is 0 Å². The first-order valence-electron chi connectivity index (χ1n) is 25.5. The van der Waals surface area contributed by atoms with Crippen molar-refractivity contribution in [3.63, 3.8) is 0 Å². The molecule has 1 aromatic heterocycles. The minimum Gasteiger partial charge on any atom is -0.375 e. The number of aryl methyl sites for hydroxylation is 1. The van der Waals surface area contributed by atoms with Crippen LogP contribution in [0.15, 0.2) is 170 Å². The Morgan fingerprint density at radius 2 is 0.886 bits per heavy atom. The zero-order chi connectivity index (χ0) is 49.2. The minimum absolute atomic E-state index is 0.0666. The summed E-state index contributed by atoms with van der Waals surface area (Å²) in [6, 6.07) is 65.5. The summed E-state index contributed by atoms with van der Waals surface area (Å²) in [7, 11) is 0. The third kappa shape index (κ3) is 7.56. The van der Waals surface area contributed by atoms with Crippen LogP contribution < -0.4 is 15.8 Å². The van der Waals surface area contributed by atoms with Crippen molar-refractivity contribution in [1.82, 2.24) is 4.48 Å². The van der Waals surface area contributed by atoms with Gasteiger partial charge >= 0.3 is 6.85 Å². The molecule has 70 heavy (non-hydrogen) atoms. The number of aromatic nitrogens is 1. The predicted molar refractivity (Wildman–Crippen MR) is 304 cm³/mol. The van der Waals surface area contributed by atoms with Crippen LogP contribution in [-0.4, -0.2) is 11.3 Å². The van der Waals surface area contributed by atoms with Crippen molar-refractivity contribution in [1.29, 1.82) is 0 Å². The molecule has 0 saturated carbocycles. The van der Waals surface area contributed by atoms with Crippen LogP contribution >= 0.6 is 0 Å². The van der Waals surface area contributed by atoms with Gasteiger partial charge in [-0.3, -0.25) is 0 Å². The van der Waals surface area contributed by atoms with Gasteiger partial charge in [0.05, 0.1) is 0 Å². The van der Waals surface area contributed by atoms with E-state index in [0.29, 0.717) is 0 Å². The van der Waals surface area contributed by atoms with Gasteiger partial charge in [0.25, 0.3) is 0 Å². The largest absolute Gasteiger partial charge is 0.375 e. The van der Waals surface area contributed by atoms with Crippen molar-refractivity contribution in [2.45, 2.75) is 112 Å². The summed E-state index contributed by atoms with van der Waals surface area (Å²) < 4.78 is 2.77. The fraction of sp³-hybridized carbons (Fsp3) is 0.254. The zero-order valence-corrected chi connectivity index (χ0v) is 43.6. The van der Waals surface area contributed by atoms with E-state index in [2.05, 4.69) is 269 Å². The summed E-state index contributed by atoms with van der Waals surface area (Å²) in [6.45, 7) is 30.1. The lowest BCUT2D eigenvalue weighted by atomic mass is 9.44. The van der Waals surface area contributed by atoms with Gasteiger partial charge in [-0.15, -0.1) is 0 Å². The molecule has 348 valence electrons. The lowest BCUT2D eigenvalue weighted by Crippen LogP contribution is -2.57. The summed E-state index contributed by atoms with van der Waals surface area (Å²) >= 11 is 0. The molecule has 2 aliphatic heterocycles. The smallest absolute Gasteiger partial charge is 0.333 e. The van der Waals surface area contributed by atoms with Crippen LogP contribution in [0.2, 0.25) is 0 Å². The van der Waals surface area contributed by atoms with Crippen molar-refractivity contribution in [2.75, 3.05) is 4.90 Å². The molecule has 0 unspecified atom stereocenters. The second kappa shape index (κ2) is 16.1. The highest BCUT2D eigenvalue weighted by Crippen LogP contribution is 2.52. The molecule has 8 aromatic carbocycles. The fourth-order valence-electron chi connectivity index (χ4n) is 11.2. The summed E-state index contributed by atoms with van der Waals surface area (Å²) in [4.78, 5) is 2.59. The summed E-state index contributed by atoms with van der Waals surface area (Å²) in [6.07, 6.45) is 0. The van der Waals surface area contributed by atoms with Gasteiger partial charge in [-0.2, -0.15) is 0 Å². The molecule has 3 heterocycles. The maximum atomic E-state index is 2.77. The van der Waals surface area contributed by atoms with Crippen LogP contribution in [-0.2, 0) is 21.7 Å². The van der Waals surface area contributed by atoms with Crippen molar-refractivity contribution in [2.24, 2.45) is 0 Å². The molecule has 0 N–H and O–H groups in total. The van der Waals surface area contributed by atoms with Gasteiger partial charge in [0.15, 0.2) is 0 Å². The Morgan fingerprint density at radius 3 is 1.46 bits per heavy atom. The Morgan fingerprint density at radius 1 is 0.386 bits per heavy atom. The number of fused-ring (bicyclic) bond motifs is 4. The third-order valence-corrected chi connectivity index (χ3v) is 15.4. The summed E-state index contributed by atoms with van der Waals surface area (Å²) in [5, 5.41) is 1.31. The zero-order valence-electron chi connectivity index (χ0n) is 43.6. The highest BCUT2D eigenvalue weighted by atomic mass is 15.2. The molecule has 0 aliphatic carbocycles. The molecule has 2 aliphatic rings. The van der Waals surface area contributed by atoms with Gasteiger partial charge in [-0.1, -0.05) is 217 Å². The van der Waals surface area contributed by atoms with Gasteiger partial charge in [0.1, 0.15) is 0 Å². The van der Waals surface area contributed by atoms with E-state index in [9.17, 15) is 0 Å². The standard InChI is InChI=1S/C67H67BN2/c1-42-19-17-18-22-53(42)60-56-40-50(66(8,9)10)39-55-54-38-51(67(11,12)13)41-59-61(54)68(70(63(55)56)62(60)46-20-15-14-16-21-46)57-37-47(45-25-32-49(33-26-45)65(5,6)7)29-36-58(57)69(59)52-34-27-44(28-35-52)43-23-30-48(31-24-43)64(2,3)4/h14-41H,1-13H3. The van der Waals surface area contributed by atoms with Crippen molar-refractivity contribution in [3.05, 3.63) is 198 Å². The molecule has 3 heteroatoms. The Kier molecular flexibility index (Phi) is 10.5. The van der Waals surface area contributed by atoms with Gasteiger partial charge in [-0.05, 0) is 143 Å². The molecule has 9 aromatic rings. The highest BCUT2D eigenvalue weighted by molar-refractivity contribution is 6.90. The second-order valence-corrected chi connectivity index (χ2v) is 24.4. The van der Waals surface area contributed by atoms with E-state index in [1.54, 1.807) is 0 Å². The Bertz CT molecular complexity index is 3490. The lowest BCUT2D eigenvalue weighted by Gasteiger charge is -2.42. The first-order chi connectivity index (χ1) is 33.2. The minimum atomic E-state index is -0.122. The van der Waals surface area contributed by atoms with Crippen LogP contribution in [0, 0.1) is 6.92 Å². The number of hydrogen-bond acceptors (Lipinski definition) is 1. The summed E-state index contributed by atoms with van der Waals surface area (Å²) in [5.74, 6) is 0. The average molecular weight is 911 g/mol. The fourth-order valence-corrected chi connectivity index (χ4v) is 11.2. The van der Waals surface area contributed by atoms with Crippen LogP contribution in [0.5, 0.6) is 0 Å². The number of anilines is 3. The average Bonchev–Trinajstić information content (AvgIpc) is 3.66. The van der Waals surface area contributed by atoms with E-state index >= 15 is 0 Å². The molecule has 0 bridgehead atoms. The highest BCUT2D eigenvalue weighted by Gasteiger charge is 2.45. The van der Waals surface area contributed by atoms with Crippen LogP contribution in [0.3, 0.4) is 0 Å². The van der Waals surface area contributed by atoms with Gasteiger partial charge in [0, 0.05) is 44.8 Å². The number of rotatable bonds is 5. The number of benzene rings is 8. The molecule has 2 nitrogen and oxygen atoms in total. The molecule has 11 rings (SSSR count). The molecule has 0 radical (unpaired) electrons. The van der Waals surface area contributed by atoms with E-state index in [0.717, 1.165) is 5.69 Å². The topological polar surface area (TPSA) is 8.17 Å². The Balaban J connectivity index is 1.26. The van der Waals surface area contributed by atoms with E-state index in [1.807, 2.05) is 0 Å². The van der Waals surface area contributed by atoms with Gasteiger partial charge in [-0.25, -0.2) is 0 Å². The number of nitrogens with zero attached hydrogens (tertiary/aromatic N) is 2. The first-order valence-corrected chi connectivity index (χ1v) is 25.5.